The first-order valence-corrected chi connectivity index (χ1v) is 8.82. The quantitative estimate of drug-likeness (QED) is 0.672. The lowest BCUT2D eigenvalue weighted by atomic mass is 10.0. The van der Waals surface area contributed by atoms with Crippen molar-refractivity contribution in [2.24, 2.45) is 0 Å². The fourth-order valence-corrected chi connectivity index (χ4v) is 2.78. The number of benzene rings is 3. The molecule has 0 saturated carbocycles. The van der Waals surface area contributed by atoms with Gasteiger partial charge >= 0.3 is 0 Å². The first-order valence-electron chi connectivity index (χ1n) is 8.82. The third-order valence-electron chi connectivity index (χ3n) is 4.03. The van der Waals surface area contributed by atoms with Crippen molar-refractivity contribution in [1.82, 2.24) is 5.32 Å². The van der Waals surface area contributed by atoms with Crippen molar-refractivity contribution in [2.75, 3.05) is 13.2 Å². The Balaban J connectivity index is 1.69. The molecule has 3 aromatic carbocycles. The predicted octanol–water partition coefficient (Wildman–Crippen LogP) is 4.71. The van der Waals surface area contributed by atoms with Crippen molar-refractivity contribution in [2.45, 2.75) is 20.3 Å². The van der Waals surface area contributed by atoms with Crippen LogP contribution in [0.3, 0.4) is 0 Å². The van der Waals surface area contributed by atoms with Gasteiger partial charge in [-0.25, -0.2) is 0 Å². The fraction of sp³-hybridized carbons (Fsp3) is 0.227. The molecule has 0 aliphatic carbocycles. The summed E-state index contributed by atoms with van der Waals surface area (Å²) in [6.07, 6.45) is 0.819. The van der Waals surface area contributed by atoms with Gasteiger partial charge in [-0.15, -0.1) is 0 Å². The van der Waals surface area contributed by atoms with Crippen LogP contribution in [0.2, 0.25) is 0 Å². The third kappa shape index (κ3) is 4.76. The summed E-state index contributed by atoms with van der Waals surface area (Å²) in [5.74, 6) is 2.42. The van der Waals surface area contributed by atoms with Gasteiger partial charge in [-0.1, -0.05) is 24.3 Å². The molecule has 0 radical (unpaired) electrons. The number of fused-ring (bicyclic) bond motifs is 1. The Morgan fingerprint density at radius 3 is 2.27 bits per heavy atom. The summed E-state index contributed by atoms with van der Waals surface area (Å²) in [6, 6.07) is 20.0. The van der Waals surface area contributed by atoms with Crippen LogP contribution in [0.25, 0.3) is 10.8 Å². The molecule has 0 spiro atoms. The highest BCUT2D eigenvalue weighted by atomic mass is 16.5. The second kappa shape index (κ2) is 8.39. The second-order valence-corrected chi connectivity index (χ2v) is 6.08. The van der Waals surface area contributed by atoms with Gasteiger partial charge in [-0.2, -0.15) is 0 Å². The molecule has 0 unspecified atom stereocenters. The van der Waals surface area contributed by atoms with Crippen molar-refractivity contribution in [3.8, 4) is 17.2 Å². The van der Waals surface area contributed by atoms with Gasteiger partial charge in [0.1, 0.15) is 17.2 Å². The van der Waals surface area contributed by atoms with Crippen LogP contribution in [0.15, 0.2) is 60.7 Å². The number of carbonyl (C=O) groups excluding carboxylic acids is 1. The number of hydrogen-bond acceptors (Lipinski definition) is 3. The monoisotopic (exact) mass is 349 g/mol. The highest BCUT2D eigenvalue weighted by Crippen LogP contribution is 2.27. The third-order valence-corrected chi connectivity index (χ3v) is 4.03. The minimum atomic E-state index is 0.00173. The van der Waals surface area contributed by atoms with Crippen LogP contribution in [0.5, 0.6) is 17.2 Å². The largest absolute Gasteiger partial charge is 0.494 e. The van der Waals surface area contributed by atoms with Gasteiger partial charge in [0.2, 0.25) is 5.91 Å². The van der Waals surface area contributed by atoms with Crippen molar-refractivity contribution in [1.29, 1.82) is 0 Å². The number of hydrogen-bond donors (Lipinski definition) is 1. The molecule has 1 amide bonds. The van der Waals surface area contributed by atoms with Gasteiger partial charge in [0, 0.05) is 13.5 Å². The van der Waals surface area contributed by atoms with E-state index in [1.54, 1.807) is 0 Å². The maximum Gasteiger partial charge on any atom is 0.216 e. The number of amides is 1. The van der Waals surface area contributed by atoms with E-state index in [-0.39, 0.29) is 5.91 Å². The van der Waals surface area contributed by atoms with Crippen LogP contribution in [-0.4, -0.2) is 19.1 Å². The molecule has 0 saturated heterocycles. The highest BCUT2D eigenvalue weighted by Gasteiger charge is 2.02. The fourth-order valence-electron chi connectivity index (χ4n) is 2.78. The number of nitrogens with one attached hydrogen (secondary N) is 1. The van der Waals surface area contributed by atoms with E-state index in [1.165, 1.54) is 12.5 Å². The molecule has 0 aromatic heterocycles. The SMILES string of the molecule is CCOc1ccc(Oc2ccc3cc(CCNC(C)=O)ccc3c2)cc1. The van der Waals surface area contributed by atoms with E-state index in [4.69, 9.17) is 9.47 Å². The molecule has 0 aliphatic rings. The van der Waals surface area contributed by atoms with Crippen molar-refractivity contribution >= 4 is 16.7 Å². The zero-order valence-electron chi connectivity index (χ0n) is 15.1. The first-order chi connectivity index (χ1) is 12.6. The molecular weight excluding hydrogens is 326 g/mol. The van der Waals surface area contributed by atoms with Gasteiger partial charge in [0.15, 0.2) is 0 Å². The molecule has 0 heterocycles. The van der Waals surface area contributed by atoms with Crippen LogP contribution in [0, 0.1) is 0 Å². The molecule has 0 bridgehead atoms. The van der Waals surface area contributed by atoms with Gasteiger partial charge in [-0.05, 0) is 66.1 Å². The normalized spacial score (nSPS) is 10.5. The maximum atomic E-state index is 11.0. The Morgan fingerprint density at radius 1 is 0.885 bits per heavy atom. The number of ether oxygens (including phenoxy) is 2. The van der Waals surface area contributed by atoms with Crippen LogP contribution >= 0.6 is 0 Å². The van der Waals surface area contributed by atoms with E-state index in [1.807, 2.05) is 43.3 Å². The lowest BCUT2D eigenvalue weighted by Gasteiger charge is -2.09. The maximum absolute atomic E-state index is 11.0. The summed E-state index contributed by atoms with van der Waals surface area (Å²) in [5.41, 5.74) is 1.20. The van der Waals surface area contributed by atoms with Crippen LogP contribution in [-0.2, 0) is 11.2 Å². The molecule has 3 rings (SSSR count). The summed E-state index contributed by atoms with van der Waals surface area (Å²) >= 11 is 0. The summed E-state index contributed by atoms with van der Waals surface area (Å²) < 4.78 is 11.4. The van der Waals surface area contributed by atoms with Crippen molar-refractivity contribution in [3.63, 3.8) is 0 Å². The zero-order chi connectivity index (χ0) is 18.4. The lowest BCUT2D eigenvalue weighted by Crippen LogP contribution is -2.22. The minimum absolute atomic E-state index is 0.00173. The molecule has 3 aromatic rings. The Labute approximate surface area is 153 Å². The van der Waals surface area contributed by atoms with E-state index in [2.05, 4.69) is 29.6 Å². The Kier molecular flexibility index (Phi) is 5.74. The molecule has 4 heteroatoms. The summed E-state index contributed by atoms with van der Waals surface area (Å²) in [4.78, 5) is 11.0. The van der Waals surface area contributed by atoms with Gasteiger partial charge in [-0.3, -0.25) is 4.79 Å². The minimum Gasteiger partial charge on any atom is -0.494 e. The average Bonchev–Trinajstić information content (AvgIpc) is 2.63. The summed E-state index contributed by atoms with van der Waals surface area (Å²) in [5, 5.41) is 5.10. The first kappa shape index (κ1) is 17.8. The second-order valence-electron chi connectivity index (χ2n) is 6.08. The topological polar surface area (TPSA) is 47.6 Å². The van der Waals surface area contributed by atoms with E-state index < -0.39 is 0 Å². The van der Waals surface area contributed by atoms with Crippen LogP contribution in [0.4, 0.5) is 0 Å². The van der Waals surface area contributed by atoms with Gasteiger partial charge < -0.3 is 14.8 Å². The van der Waals surface area contributed by atoms with Gasteiger partial charge in [0.25, 0.3) is 0 Å². The Morgan fingerprint density at radius 2 is 1.54 bits per heavy atom. The molecule has 4 nitrogen and oxygen atoms in total. The van der Waals surface area contributed by atoms with E-state index in [0.29, 0.717) is 13.2 Å². The molecule has 0 aliphatic heterocycles. The van der Waals surface area contributed by atoms with Crippen LogP contribution < -0.4 is 14.8 Å². The van der Waals surface area contributed by atoms with Crippen LogP contribution in [0.1, 0.15) is 19.4 Å². The van der Waals surface area contributed by atoms with E-state index >= 15 is 0 Å². The molecular formula is C22H23NO3. The Bertz CT molecular complexity index is 888. The molecule has 26 heavy (non-hydrogen) atoms. The van der Waals surface area contributed by atoms with Crippen molar-refractivity contribution in [3.05, 3.63) is 66.2 Å². The number of carbonyl (C=O) groups is 1. The molecule has 1 N–H and O–H groups in total. The lowest BCUT2D eigenvalue weighted by molar-refractivity contribution is -0.118. The Hall–Kier alpha value is -3.01. The molecule has 0 atom stereocenters. The number of rotatable bonds is 7. The predicted molar refractivity (Wildman–Crippen MR) is 104 cm³/mol. The van der Waals surface area contributed by atoms with Gasteiger partial charge in [0.05, 0.1) is 6.61 Å². The highest BCUT2D eigenvalue weighted by molar-refractivity contribution is 5.84. The molecule has 0 fully saturated rings. The molecule has 134 valence electrons. The zero-order valence-corrected chi connectivity index (χ0v) is 15.1. The smallest absolute Gasteiger partial charge is 0.216 e. The van der Waals surface area contributed by atoms with E-state index in [0.717, 1.165) is 34.4 Å². The standard InChI is InChI=1S/C22H23NO3/c1-3-25-20-8-10-21(11-9-20)26-22-7-6-18-14-17(4-5-19(18)15-22)12-13-23-16(2)24/h4-11,14-15H,3,12-13H2,1-2H3,(H,23,24). The van der Waals surface area contributed by atoms with E-state index in [9.17, 15) is 4.79 Å². The summed E-state index contributed by atoms with van der Waals surface area (Å²) in [7, 11) is 0. The summed E-state index contributed by atoms with van der Waals surface area (Å²) in [6.45, 7) is 4.80. The van der Waals surface area contributed by atoms with Crippen molar-refractivity contribution < 1.29 is 14.3 Å². The average molecular weight is 349 g/mol.